The monoisotopic (exact) mass is 226 g/mol. The Kier molecular flexibility index (Phi) is 3.36. The minimum atomic E-state index is -4.87. The molecule has 2 nitrogen and oxygen atoms in total. The largest absolute Gasteiger partial charge is 0.525 e. The molecule has 1 aromatic carbocycles. The highest BCUT2D eigenvalue weighted by Crippen LogP contribution is 2.26. The Morgan fingerprint density at radius 3 is 2.50 bits per heavy atom. The molecule has 0 heterocycles. The zero-order valence-corrected chi connectivity index (χ0v) is 7.51. The molecule has 0 aliphatic heterocycles. The summed E-state index contributed by atoms with van der Waals surface area (Å²) < 4.78 is 38.4. The van der Waals surface area contributed by atoms with E-state index in [2.05, 4.69) is 4.74 Å². The van der Waals surface area contributed by atoms with E-state index in [-0.39, 0.29) is 10.6 Å². The van der Waals surface area contributed by atoms with E-state index in [1.807, 2.05) is 0 Å². The maximum Gasteiger partial charge on any atom is 0.525 e. The Hall–Kier alpha value is -0.780. The quantitative estimate of drug-likeness (QED) is 0.786. The number of aliphatic hydroxyl groups excluding tert-OH is 1. The van der Waals surface area contributed by atoms with Gasteiger partial charge in [-0.2, -0.15) is 0 Å². The molecule has 1 rings (SSSR count). The topological polar surface area (TPSA) is 29.5 Å². The maximum absolute atomic E-state index is 11.7. The third kappa shape index (κ3) is 3.53. The van der Waals surface area contributed by atoms with Crippen LogP contribution in [0.1, 0.15) is 11.9 Å². The number of ether oxygens (including phenoxy) is 1. The molecular formula is C8H6ClF3O2. The van der Waals surface area contributed by atoms with Gasteiger partial charge in [0.25, 0.3) is 0 Å². The van der Waals surface area contributed by atoms with E-state index in [4.69, 9.17) is 16.7 Å². The van der Waals surface area contributed by atoms with E-state index in [9.17, 15) is 13.2 Å². The number of halogens is 4. The lowest BCUT2D eigenvalue weighted by Gasteiger charge is -2.14. The zero-order chi connectivity index (χ0) is 10.8. The van der Waals surface area contributed by atoms with E-state index in [0.29, 0.717) is 0 Å². The fourth-order valence-corrected chi connectivity index (χ4v) is 1.05. The first-order chi connectivity index (χ1) is 6.38. The Morgan fingerprint density at radius 1 is 1.36 bits per heavy atom. The van der Waals surface area contributed by atoms with Crippen LogP contribution in [0, 0.1) is 0 Å². The average molecular weight is 227 g/mol. The Balaban J connectivity index is 2.74. The van der Waals surface area contributed by atoms with Gasteiger partial charge < -0.3 is 5.11 Å². The molecule has 0 spiro atoms. The van der Waals surface area contributed by atoms with Crippen LogP contribution in [0.25, 0.3) is 0 Å². The number of hydrogen-bond acceptors (Lipinski definition) is 2. The average Bonchev–Trinajstić information content (AvgIpc) is 2.01. The molecule has 0 bridgehead atoms. The second-order valence-corrected chi connectivity index (χ2v) is 2.91. The van der Waals surface area contributed by atoms with Gasteiger partial charge in [-0.25, -0.2) is 0 Å². The van der Waals surface area contributed by atoms with Crippen LogP contribution in [0.5, 0.6) is 0 Å². The van der Waals surface area contributed by atoms with Gasteiger partial charge in [0, 0.05) is 10.6 Å². The van der Waals surface area contributed by atoms with Crippen molar-refractivity contribution in [3.05, 3.63) is 34.9 Å². The molecule has 0 radical (unpaired) electrons. The second-order valence-electron chi connectivity index (χ2n) is 2.47. The lowest BCUT2D eigenvalue weighted by molar-refractivity contribution is -0.375. The third-order valence-corrected chi connectivity index (χ3v) is 1.61. The van der Waals surface area contributed by atoms with E-state index in [1.165, 1.54) is 24.3 Å². The molecule has 0 saturated heterocycles. The van der Waals surface area contributed by atoms with Crippen LogP contribution in [0.3, 0.4) is 0 Å². The van der Waals surface area contributed by atoms with Crippen molar-refractivity contribution in [3.63, 3.8) is 0 Å². The highest BCUT2D eigenvalue weighted by atomic mass is 35.5. The normalized spacial score (nSPS) is 14.1. The summed E-state index contributed by atoms with van der Waals surface area (Å²) >= 11 is 5.51. The first kappa shape index (κ1) is 11.3. The summed E-state index contributed by atoms with van der Waals surface area (Å²) in [5, 5.41) is 9.21. The fraction of sp³-hybridized carbons (Fsp3) is 0.250. The number of hydrogen-bond donors (Lipinski definition) is 1. The molecule has 1 aromatic rings. The Labute approximate surface area is 82.9 Å². The molecule has 0 saturated carbocycles. The van der Waals surface area contributed by atoms with E-state index >= 15 is 0 Å². The maximum atomic E-state index is 11.7. The molecule has 14 heavy (non-hydrogen) atoms. The van der Waals surface area contributed by atoms with Crippen molar-refractivity contribution in [2.45, 2.75) is 12.7 Å². The standard InChI is InChI=1S/C8H6ClF3O2/c9-6-3-1-2-5(4-6)7(13)14-8(10,11)12/h1-4,7,13H. The van der Waals surface area contributed by atoms with Crippen LogP contribution < -0.4 is 0 Å². The summed E-state index contributed by atoms with van der Waals surface area (Å²) in [5.41, 5.74) is -0.0465. The first-order valence-electron chi connectivity index (χ1n) is 3.56. The van der Waals surface area contributed by atoms with Gasteiger partial charge in [0.15, 0.2) is 6.29 Å². The lowest BCUT2D eigenvalue weighted by atomic mass is 10.2. The van der Waals surface area contributed by atoms with Gasteiger partial charge in [0.05, 0.1) is 0 Å². The van der Waals surface area contributed by atoms with Gasteiger partial charge in [-0.15, -0.1) is 13.2 Å². The van der Waals surface area contributed by atoms with E-state index in [0.717, 1.165) is 0 Å². The predicted molar refractivity (Wildman–Crippen MR) is 43.6 cm³/mol. The number of aliphatic hydroxyl groups is 1. The number of benzene rings is 1. The van der Waals surface area contributed by atoms with Crippen molar-refractivity contribution in [1.82, 2.24) is 0 Å². The van der Waals surface area contributed by atoms with E-state index < -0.39 is 12.7 Å². The molecule has 0 aliphatic carbocycles. The fourth-order valence-electron chi connectivity index (χ4n) is 0.855. The third-order valence-electron chi connectivity index (χ3n) is 1.38. The SMILES string of the molecule is OC(OC(F)(F)F)c1cccc(Cl)c1. The summed E-state index contributed by atoms with van der Waals surface area (Å²) in [5.74, 6) is 0. The molecule has 78 valence electrons. The van der Waals surface area contributed by atoms with Crippen LogP contribution in [-0.2, 0) is 4.74 Å². The Morgan fingerprint density at radius 2 is 2.00 bits per heavy atom. The minimum Gasteiger partial charge on any atom is -0.364 e. The van der Waals surface area contributed by atoms with E-state index in [1.54, 1.807) is 0 Å². The van der Waals surface area contributed by atoms with Gasteiger partial charge in [0.1, 0.15) is 0 Å². The lowest BCUT2D eigenvalue weighted by Crippen LogP contribution is -2.17. The summed E-state index contributed by atoms with van der Waals surface area (Å²) in [6, 6.07) is 5.37. The molecule has 0 amide bonds. The van der Waals surface area contributed by atoms with Crippen LogP contribution in [0.4, 0.5) is 13.2 Å². The molecule has 1 atom stereocenters. The molecule has 1 N–H and O–H groups in total. The molecular weight excluding hydrogens is 221 g/mol. The molecule has 6 heteroatoms. The van der Waals surface area contributed by atoms with Crippen LogP contribution in [-0.4, -0.2) is 11.5 Å². The van der Waals surface area contributed by atoms with Crippen molar-refractivity contribution >= 4 is 11.6 Å². The van der Waals surface area contributed by atoms with Gasteiger partial charge in [-0.1, -0.05) is 23.7 Å². The number of alkyl halides is 3. The van der Waals surface area contributed by atoms with Crippen LogP contribution in [0.2, 0.25) is 5.02 Å². The predicted octanol–water partition coefficient (Wildman–Crippen LogP) is 2.87. The van der Waals surface area contributed by atoms with Crippen LogP contribution >= 0.6 is 11.6 Å². The van der Waals surface area contributed by atoms with Crippen molar-refractivity contribution in [2.75, 3.05) is 0 Å². The van der Waals surface area contributed by atoms with Gasteiger partial charge >= 0.3 is 6.36 Å². The minimum absolute atomic E-state index is 0.0465. The van der Waals surface area contributed by atoms with Gasteiger partial charge in [-0.3, -0.25) is 4.74 Å². The van der Waals surface area contributed by atoms with Crippen molar-refractivity contribution < 1.29 is 23.0 Å². The summed E-state index contributed by atoms with van der Waals surface area (Å²) in [6.45, 7) is 0. The molecule has 0 aliphatic rings. The summed E-state index contributed by atoms with van der Waals surface area (Å²) in [6.07, 6.45) is -6.92. The molecule has 1 unspecified atom stereocenters. The highest BCUT2D eigenvalue weighted by Gasteiger charge is 2.33. The molecule has 0 fully saturated rings. The smallest absolute Gasteiger partial charge is 0.364 e. The zero-order valence-electron chi connectivity index (χ0n) is 6.75. The van der Waals surface area contributed by atoms with Gasteiger partial charge in [0.2, 0.25) is 0 Å². The van der Waals surface area contributed by atoms with Gasteiger partial charge in [-0.05, 0) is 12.1 Å². The van der Waals surface area contributed by atoms with Crippen molar-refractivity contribution in [1.29, 1.82) is 0 Å². The molecule has 0 aromatic heterocycles. The second kappa shape index (κ2) is 4.16. The summed E-state index contributed by atoms with van der Waals surface area (Å²) in [4.78, 5) is 0. The first-order valence-corrected chi connectivity index (χ1v) is 3.94. The highest BCUT2D eigenvalue weighted by molar-refractivity contribution is 6.30. The Bertz CT molecular complexity index is 314. The number of rotatable bonds is 2. The van der Waals surface area contributed by atoms with Crippen molar-refractivity contribution in [3.8, 4) is 0 Å². The van der Waals surface area contributed by atoms with Crippen molar-refractivity contribution in [2.24, 2.45) is 0 Å². The van der Waals surface area contributed by atoms with Crippen LogP contribution in [0.15, 0.2) is 24.3 Å². The summed E-state index contributed by atoms with van der Waals surface area (Å²) in [7, 11) is 0.